The number of nitrogens with one attached hydrogen (secondary N) is 1. The van der Waals surface area contributed by atoms with Crippen molar-refractivity contribution in [2.45, 2.75) is 25.7 Å². The van der Waals surface area contributed by atoms with E-state index in [0.29, 0.717) is 20.2 Å². The number of anilines is 1. The van der Waals surface area contributed by atoms with Gasteiger partial charge in [-0.2, -0.15) is 0 Å². The molecule has 1 aromatic carbocycles. The van der Waals surface area contributed by atoms with Crippen molar-refractivity contribution in [3.8, 4) is 0 Å². The lowest BCUT2D eigenvalue weighted by atomic mass is 10.0. The summed E-state index contributed by atoms with van der Waals surface area (Å²) in [5.41, 5.74) is 1.59. The molecular weight excluding hydrogens is 360 g/mol. The summed E-state index contributed by atoms with van der Waals surface area (Å²) in [6.45, 7) is 0. The van der Waals surface area contributed by atoms with Gasteiger partial charge in [-0.25, -0.2) is 4.98 Å². The Bertz CT molecular complexity index is 648. The summed E-state index contributed by atoms with van der Waals surface area (Å²) in [6.07, 6.45) is 4.47. The Hall–Kier alpha value is -0.910. The minimum Gasteiger partial charge on any atom is -0.298 e. The van der Waals surface area contributed by atoms with Gasteiger partial charge in [0.25, 0.3) is 5.91 Å². The lowest BCUT2D eigenvalue weighted by Gasteiger charge is -2.06. The quantitative estimate of drug-likeness (QED) is 0.832. The number of benzene rings is 1. The van der Waals surface area contributed by atoms with Crippen LogP contribution < -0.4 is 5.32 Å². The topological polar surface area (TPSA) is 42.0 Å². The van der Waals surface area contributed by atoms with Crippen molar-refractivity contribution >= 4 is 49.9 Å². The highest BCUT2D eigenvalue weighted by atomic mass is 79.9. The molecule has 0 unspecified atom stereocenters. The maximum atomic E-state index is 12.3. The van der Waals surface area contributed by atoms with E-state index < -0.39 is 0 Å². The molecule has 1 N–H and O–H groups in total. The first-order valence-electron chi connectivity index (χ1n) is 6.39. The number of rotatable bonds is 2. The molecule has 1 aliphatic rings. The molecule has 0 aliphatic heterocycles. The summed E-state index contributed by atoms with van der Waals surface area (Å²) in [5.74, 6) is -0.220. The molecule has 2 aromatic rings. The summed E-state index contributed by atoms with van der Waals surface area (Å²) < 4.78 is 0.713. The molecule has 104 valence electrons. The van der Waals surface area contributed by atoms with Gasteiger partial charge >= 0.3 is 0 Å². The minimum atomic E-state index is -0.220. The molecule has 20 heavy (non-hydrogen) atoms. The third-order valence-electron chi connectivity index (χ3n) is 3.26. The van der Waals surface area contributed by atoms with Crippen LogP contribution in [0, 0.1) is 0 Å². The second-order valence-corrected chi connectivity index (χ2v) is 6.97. The van der Waals surface area contributed by atoms with Gasteiger partial charge in [0.05, 0.1) is 16.3 Å². The number of fused-ring (bicyclic) bond motifs is 1. The number of aryl methyl sites for hydroxylation is 2. The van der Waals surface area contributed by atoms with Crippen molar-refractivity contribution in [3.05, 3.63) is 43.8 Å². The van der Waals surface area contributed by atoms with Gasteiger partial charge in [-0.3, -0.25) is 10.1 Å². The number of amides is 1. The first kappa shape index (κ1) is 14.0. The van der Waals surface area contributed by atoms with Crippen LogP contribution in [-0.2, 0) is 12.8 Å². The molecule has 0 saturated carbocycles. The zero-order valence-corrected chi connectivity index (χ0v) is 13.7. The molecule has 1 aromatic heterocycles. The summed E-state index contributed by atoms with van der Waals surface area (Å²) in [5, 5.41) is 3.93. The van der Waals surface area contributed by atoms with E-state index in [-0.39, 0.29) is 5.91 Å². The fraction of sp³-hybridized carbons (Fsp3) is 0.286. The minimum absolute atomic E-state index is 0.220. The Labute approximate surface area is 134 Å². The Kier molecular flexibility index (Phi) is 4.10. The zero-order valence-electron chi connectivity index (χ0n) is 10.6. The molecule has 1 heterocycles. The summed E-state index contributed by atoms with van der Waals surface area (Å²) >= 11 is 11.0. The normalized spacial score (nSPS) is 13.9. The van der Waals surface area contributed by atoms with Gasteiger partial charge in [0.1, 0.15) is 0 Å². The predicted octanol–water partition coefficient (Wildman–Crippen LogP) is 4.69. The average Bonchev–Trinajstić information content (AvgIpc) is 2.83. The summed E-state index contributed by atoms with van der Waals surface area (Å²) in [4.78, 5) is 18.0. The first-order valence-corrected chi connectivity index (χ1v) is 8.38. The number of hydrogen-bond acceptors (Lipinski definition) is 3. The van der Waals surface area contributed by atoms with Gasteiger partial charge in [-0.15, -0.1) is 11.3 Å². The highest BCUT2D eigenvalue weighted by Gasteiger charge is 2.18. The molecule has 0 fully saturated rings. The van der Waals surface area contributed by atoms with Gasteiger partial charge in [-0.1, -0.05) is 17.7 Å². The van der Waals surface area contributed by atoms with E-state index in [2.05, 4.69) is 26.2 Å². The van der Waals surface area contributed by atoms with E-state index in [1.807, 2.05) is 0 Å². The predicted molar refractivity (Wildman–Crippen MR) is 85.9 cm³/mol. The number of thiazole rings is 1. The number of carbonyl (C=O) groups is 1. The van der Waals surface area contributed by atoms with Crippen LogP contribution in [0.3, 0.4) is 0 Å². The molecule has 1 aliphatic carbocycles. The van der Waals surface area contributed by atoms with Gasteiger partial charge in [0.2, 0.25) is 0 Å². The van der Waals surface area contributed by atoms with Gasteiger partial charge in [0, 0.05) is 9.35 Å². The molecule has 0 spiro atoms. The van der Waals surface area contributed by atoms with E-state index in [1.54, 1.807) is 29.5 Å². The Morgan fingerprint density at radius 1 is 1.35 bits per heavy atom. The molecule has 0 saturated heterocycles. The average molecular weight is 372 g/mol. The van der Waals surface area contributed by atoms with E-state index >= 15 is 0 Å². The molecule has 0 atom stereocenters. The second kappa shape index (κ2) is 5.84. The first-order chi connectivity index (χ1) is 9.65. The van der Waals surface area contributed by atoms with Crippen LogP contribution >= 0.6 is 38.9 Å². The van der Waals surface area contributed by atoms with Crippen molar-refractivity contribution in [2.24, 2.45) is 0 Å². The van der Waals surface area contributed by atoms with Crippen molar-refractivity contribution in [3.63, 3.8) is 0 Å². The largest absolute Gasteiger partial charge is 0.298 e. The molecule has 0 radical (unpaired) electrons. The number of hydrogen-bond donors (Lipinski definition) is 1. The van der Waals surface area contributed by atoms with Crippen molar-refractivity contribution in [2.75, 3.05) is 5.32 Å². The number of halogens is 2. The summed E-state index contributed by atoms with van der Waals surface area (Å²) in [6, 6.07) is 5.30. The maximum absolute atomic E-state index is 12.3. The van der Waals surface area contributed by atoms with Gasteiger partial charge in [0.15, 0.2) is 5.13 Å². The standard InChI is InChI=1S/C14H12BrClN2OS/c15-9-5-3-4-8(12(9)16)13(19)18-14-17-10-6-1-2-7-11(10)20-14/h3-5H,1-2,6-7H2,(H,17,18,19). The van der Waals surface area contributed by atoms with Crippen LogP contribution in [0.25, 0.3) is 0 Å². The maximum Gasteiger partial charge on any atom is 0.258 e. The number of nitrogens with zero attached hydrogens (tertiary/aromatic N) is 1. The number of aromatic nitrogens is 1. The Morgan fingerprint density at radius 3 is 2.95 bits per heavy atom. The molecular formula is C14H12BrClN2OS. The van der Waals surface area contributed by atoms with E-state index in [1.165, 1.54) is 17.7 Å². The van der Waals surface area contributed by atoms with Crippen LogP contribution in [0.1, 0.15) is 33.8 Å². The van der Waals surface area contributed by atoms with E-state index in [0.717, 1.165) is 18.5 Å². The molecule has 3 nitrogen and oxygen atoms in total. The Morgan fingerprint density at radius 2 is 2.15 bits per heavy atom. The van der Waals surface area contributed by atoms with Crippen molar-refractivity contribution in [1.29, 1.82) is 0 Å². The highest BCUT2D eigenvalue weighted by Crippen LogP contribution is 2.31. The number of carbonyl (C=O) groups excluding carboxylic acids is 1. The molecule has 3 rings (SSSR count). The van der Waals surface area contributed by atoms with E-state index in [9.17, 15) is 4.79 Å². The van der Waals surface area contributed by atoms with Crippen molar-refractivity contribution < 1.29 is 4.79 Å². The van der Waals surface area contributed by atoms with Gasteiger partial charge < -0.3 is 0 Å². The molecule has 6 heteroatoms. The van der Waals surface area contributed by atoms with Crippen LogP contribution in [0.2, 0.25) is 5.02 Å². The van der Waals surface area contributed by atoms with E-state index in [4.69, 9.17) is 11.6 Å². The van der Waals surface area contributed by atoms with Crippen molar-refractivity contribution in [1.82, 2.24) is 4.98 Å². The monoisotopic (exact) mass is 370 g/mol. The Balaban J connectivity index is 1.82. The van der Waals surface area contributed by atoms with Crippen LogP contribution in [-0.4, -0.2) is 10.9 Å². The third-order valence-corrected chi connectivity index (χ3v) is 5.63. The van der Waals surface area contributed by atoms with Crippen LogP contribution in [0.5, 0.6) is 0 Å². The molecule has 0 bridgehead atoms. The lowest BCUT2D eigenvalue weighted by Crippen LogP contribution is -2.12. The fourth-order valence-electron chi connectivity index (χ4n) is 2.25. The lowest BCUT2D eigenvalue weighted by molar-refractivity contribution is 0.102. The van der Waals surface area contributed by atoms with Crippen LogP contribution in [0.4, 0.5) is 5.13 Å². The second-order valence-electron chi connectivity index (χ2n) is 4.65. The van der Waals surface area contributed by atoms with Gasteiger partial charge in [-0.05, 0) is 53.7 Å². The smallest absolute Gasteiger partial charge is 0.258 e. The summed E-state index contributed by atoms with van der Waals surface area (Å²) in [7, 11) is 0. The zero-order chi connectivity index (χ0) is 14.1. The van der Waals surface area contributed by atoms with Crippen LogP contribution in [0.15, 0.2) is 22.7 Å². The third kappa shape index (κ3) is 2.75. The fourth-order valence-corrected chi connectivity index (χ4v) is 3.87. The molecule has 1 amide bonds. The SMILES string of the molecule is O=C(Nc1nc2c(s1)CCCC2)c1cccc(Br)c1Cl. The highest BCUT2D eigenvalue weighted by molar-refractivity contribution is 9.10.